The monoisotopic (exact) mass is 310 g/mol. The molecule has 0 saturated heterocycles. The quantitative estimate of drug-likeness (QED) is 0.890. The molecule has 0 aliphatic heterocycles. The molecule has 4 nitrogen and oxygen atoms in total. The topological polar surface area (TPSA) is 72.2 Å². The second-order valence-corrected chi connectivity index (χ2v) is 6.42. The van der Waals surface area contributed by atoms with E-state index in [1.165, 1.54) is 12.1 Å². The van der Waals surface area contributed by atoms with Crippen LogP contribution in [0.5, 0.6) is 0 Å². The fraction of sp³-hybridized carbons (Fsp3) is 0.143. The Labute approximate surface area is 123 Å². The highest BCUT2D eigenvalue weighted by Crippen LogP contribution is 2.11. The predicted octanol–water partition coefficient (Wildman–Crippen LogP) is 2.28. The van der Waals surface area contributed by atoms with Crippen molar-refractivity contribution in [2.75, 3.05) is 0 Å². The van der Waals surface area contributed by atoms with E-state index in [-0.39, 0.29) is 4.90 Å². The lowest BCUT2D eigenvalue weighted by Gasteiger charge is -2.06. The zero-order chi connectivity index (χ0) is 14.6. The first-order chi connectivity index (χ1) is 9.45. The molecular formula is C14H15ClN2O2S. The third-order valence-corrected chi connectivity index (χ3v) is 3.96. The summed E-state index contributed by atoms with van der Waals surface area (Å²) in [6, 6.07) is 14.1. The van der Waals surface area contributed by atoms with Gasteiger partial charge in [-0.3, -0.25) is 0 Å². The highest BCUT2D eigenvalue weighted by atomic mass is 35.5. The van der Waals surface area contributed by atoms with Gasteiger partial charge in [-0.1, -0.05) is 35.9 Å². The Bertz CT molecular complexity index is 685. The summed E-state index contributed by atoms with van der Waals surface area (Å²) in [6.07, 6.45) is 0. The number of nitrogens with one attached hydrogen (secondary N) is 1. The molecule has 20 heavy (non-hydrogen) atoms. The van der Waals surface area contributed by atoms with Crippen LogP contribution in [0.15, 0.2) is 53.4 Å². The van der Waals surface area contributed by atoms with Gasteiger partial charge in [-0.05, 0) is 35.4 Å². The summed E-state index contributed by atoms with van der Waals surface area (Å²) in [6.45, 7) is 1.33. The first-order valence-electron chi connectivity index (χ1n) is 6.02. The van der Waals surface area contributed by atoms with Gasteiger partial charge in [0.2, 0.25) is 10.0 Å². The van der Waals surface area contributed by atoms with E-state index in [9.17, 15) is 8.42 Å². The Morgan fingerprint density at radius 2 is 1.65 bits per heavy atom. The smallest absolute Gasteiger partial charge is 0.238 e. The van der Waals surface area contributed by atoms with Gasteiger partial charge < -0.3 is 5.32 Å². The standard InChI is InChI=1S/C14H15ClN2O2S/c15-13-3-1-2-12(8-13)10-17-9-11-4-6-14(7-5-11)20(16,18)19/h1-8,17H,9-10H2,(H2,16,18,19). The Hall–Kier alpha value is -1.40. The first-order valence-corrected chi connectivity index (χ1v) is 7.94. The largest absolute Gasteiger partial charge is 0.309 e. The van der Waals surface area contributed by atoms with Gasteiger partial charge in [0.15, 0.2) is 0 Å². The zero-order valence-corrected chi connectivity index (χ0v) is 12.3. The normalized spacial score (nSPS) is 11.5. The fourth-order valence-electron chi connectivity index (χ4n) is 1.80. The molecule has 106 valence electrons. The van der Waals surface area contributed by atoms with Gasteiger partial charge in [0.05, 0.1) is 4.90 Å². The van der Waals surface area contributed by atoms with E-state index in [0.29, 0.717) is 18.1 Å². The molecule has 0 saturated carbocycles. The Balaban J connectivity index is 1.92. The molecule has 6 heteroatoms. The van der Waals surface area contributed by atoms with Crippen LogP contribution >= 0.6 is 11.6 Å². The number of halogens is 1. The van der Waals surface area contributed by atoms with Gasteiger partial charge in [0.1, 0.15) is 0 Å². The number of rotatable bonds is 5. The van der Waals surface area contributed by atoms with Crippen LogP contribution in [0.1, 0.15) is 11.1 Å². The lowest BCUT2D eigenvalue weighted by atomic mass is 10.2. The van der Waals surface area contributed by atoms with E-state index in [0.717, 1.165) is 11.1 Å². The van der Waals surface area contributed by atoms with E-state index >= 15 is 0 Å². The maximum atomic E-state index is 11.1. The van der Waals surface area contributed by atoms with Crippen molar-refractivity contribution in [2.24, 2.45) is 5.14 Å². The maximum absolute atomic E-state index is 11.1. The number of sulfonamides is 1. The second-order valence-electron chi connectivity index (χ2n) is 4.42. The summed E-state index contributed by atoms with van der Waals surface area (Å²) in [5, 5.41) is 9.02. The summed E-state index contributed by atoms with van der Waals surface area (Å²) in [5.74, 6) is 0. The summed E-state index contributed by atoms with van der Waals surface area (Å²) < 4.78 is 22.2. The molecule has 0 fully saturated rings. The third-order valence-electron chi connectivity index (χ3n) is 2.80. The molecule has 2 aromatic carbocycles. The minimum Gasteiger partial charge on any atom is -0.309 e. The minimum atomic E-state index is -3.62. The average Bonchev–Trinajstić information content (AvgIpc) is 2.38. The maximum Gasteiger partial charge on any atom is 0.238 e. The van der Waals surface area contributed by atoms with Crippen LogP contribution in [0.2, 0.25) is 5.02 Å². The number of hydrogen-bond donors (Lipinski definition) is 2. The van der Waals surface area contributed by atoms with Gasteiger partial charge in [-0.15, -0.1) is 0 Å². The van der Waals surface area contributed by atoms with Crippen molar-refractivity contribution in [3.05, 3.63) is 64.7 Å². The number of hydrogen-bond acceptors (Lipinski definition) is 3. The predicted molar refractivity (Wildman–Crippen MR) is 79.8 cm³/mol. The molecule has 0 unspecified atom stereocenters. The lowest BCUT2D eigenvalue weighted by Crippen LogP contribution is -2.14. The van der Waals surface area contributed by atoms with Crippen LogP contribution in [0.25, 0.3) is 0 Å². The molecule has 0 spiro atoms. The van der Waals surface area contributed by atoms with Crippen molar-refractivity contribution in [1.82, 2.24) is 5.32 Å². The molecule has 0 aliphatic carbocycles. The molecule has 2 rings (SSSR count). The van der Waals surface area contributed by atoms with E-state index in [2.05, 4.69) is 5.32 Å². The number of benzene rings is 2. The van der Waals surface area contributed by atoms with Gasteiger partial charge in [0.25, 0.3) is 0 Å². The van der Waals surface area contributed by atoms with Crippen LogP contribution < -0.4 is 10.5 Å². The van der Waals surface area contributed by atoms with E-state index < -0.39 is 10.0 Å². The average molecular weight is 311 g/mol. The molecule has 0 aromatic heterocycles. The Morgan fingerprint density at radius 3 is 2.25 bits per heavy atom. The minimum absolute atomic E-state index is 0.121. The van der Waals surface area contributed by atoms with Crippen molar-refractivity contribution < 1.29 is 8.42 Å². The number of nitrogens with two attached hydrogens (primary N) is 1. The molecule has 3 N–H and O–H groups in total. The fourth-order valence-corrected chi connectivity index (χ4v) is 2.52. The molecule has 0 bridgehead atoms. The van der Waals surface area contributed by atoms with Crippen molar-refractivity contribution in [1.29, 1.82) is 0 Å². The summed E-state index contributed by atoms with van der Waals surface area (Å²) in [7, 11) is -3.62. The first kappa shape index (κ1) is 15.0. The second kappa shape index (κ2) is 6.37. The molecule has 0 heterocycles. The molecule has 2 aromatic rings. The van der Waals surface area contributed by atoms with Gasteiger partial charge in [-0.2, -0.15) is 0 Å². The summed E-state index contributed by atoms with van der Waals surface area (Å²) in [4.78, 5) is 0.121. The van der Waals surface area contributed by atoms with Gasteiger partial charge >= 0.3 is 0 Å². The molecule has 0 amide bonds. The van der Waals surface area contributed by atoms with E-state index in [1.807, 2.05) is 24.3 Å². The van der Waals surface area contributed by atoms with Crippen LogP contribution in [0, 0.1) is 0 Å². The lowest BCUT2D eigenvalue weighted by molar-refractivity contribution is 0.597. The molecular weight excluding hydrogens is 296 g/mol. The van der Waals surface area contributed by atoms with Crippen LogP contribution in [-0.2, 0) is 23.1 Å². The van der Waals surface area contributed by atoms with Crippen molar-refractivity contribution in [2.45, 2.75) is 18.0 Å². The van der Waals surface area contributed by atoms with Crippen LogP contribution in [0.3, 0.4) is 0 Å². The van der Waals surface area contributed by atoms with Crippen molar-refractivity contribution in [3.63, 3.8) is 0 Å². The summed E-state index contributed by atoms with van der Waals surface area (Å²) in [5.41, 5.74) is 2.08. The van der Waals surface area contributed by atoms with Crippen LogP contribution in [-0.4, -0.2) is 8.42 Å². The number of primary sulfonamides is 1. The highest BCUT2D eigenvalue weighted by Gasteiger charge is 2.06. The SMILES string of the molecule is NS(=O)(=O)c1ccc(CNCc2cccc(Cl)c2)cc1. The van der Waals surface area contributed by atoms with Crippen LogP contribution in [0.4, 0.5) is 0 Å². The third kappa shape index (κ3) is 4.31. The van der Waals surface area contributed by atoms with Crippen molar-refractivity contribution in [3.8, 4) is 0 Å². The zero-order valence-electron chi connectivity index (χ0n) is 10.7. The molecule has 0 aliphatic rings. The van der Waals surface area contributed by atoms with Gasteiger partial charge in [-0.25, -0.2) is 13.6 Å². The Kier molecular flexibility index (Phi) is 4.77. The highest BCUT2D eigenvalue weighted by molar-refractivity contribution is 7.89. The van der Waals surface area contributed by atoms with Gasteiger partial charge in [0, 0.05) is 18.1 Å². The molecule has 0 atom stereocenters. The van der Waals surface area contributed by atoms with E-state index in [1.54, 1.807) is 12.1 Å². The summed E-state index contributed by atoms with van der Waals surface area (Å²) >= 11 is 5.90. The van der Waals surface area contributed by atoms with Crippen molar-refractivity contribution >= 4 is 21.6 Å². The Morgan fingerprint density at radius 1 is 1.00 bits per heavy atom. The molecule has 0 radical (unpaired) electrons. The van der Waals surface area contributed by atoms with E-state index in [4.69, 9.17) is 16.7 Å².